The summed E-state index contributed by atoms with van der Waals surface area (Å²) in [6, 6.07) is 5.56. The molecular formula is C13H16N4O3. The van der Waals surface area contributed by atoms with E-state index in [1.165, 1.54) is 11.0 Å². The smallest absolute Gasteiger partial charge is 0.361 e. The Bertz CT molecular complexity index is 633. The topological polar surface area (TPSA) is 81.2 Å². The van der Waals surface area contributed by atoms with Crippen LogP contribution in [-0.4, -0.2) is 28.6 Å². The first kappa shape index (κ1) is 13.7. The lowest BCUT2D eigenvalue weighted by molar-refractivity contribution is 0.323. The fourth-order valence-corrected chi connectivity index (χ4v) is 1.70. The van der Waals surface area contributed by atoms with E-state index in [-0.39, 0.29) is 5.69 Å². The highest BCUT2D eigenvalue weighted by Gasteiger charge is 2.10. The molecule has 0 amide bonds. The minimum atomic E-state index is -0.332. The Kier molecular flexibility index (Phi) is 4.43. The Balaban J connectivity index is 2.19. The molecule has 2 aromatic rings. The fraction of sp³-hybridized carbons (Fsp3) is 0.231. The standard InChI is InChI=1S/C13H16N4O3/c1-3-7-20-12-10(5-4-6-11(12)19-2)8-15-17-9-14-16-13(17)18/h3-6,9,15H,1,7-8H2,2H3,(H,16,18). The molecule has 106 valence electrons. The highest BCUT2D eigenvalue weighted by Crippen LogP contribution is 2.31. The summed E-state index contributed by atoms with van der Waals surface area (Å²) >= 11 is 0. The zero-order valence-corrected chi connectivity index (χ0v) is 11.1. The molecule has 0 saturated heterocycles. The van der Waals surface area contributed by atoms with Crippen LogP contribution in [0.15, 0.2) is 42.0 Å². The predicted molar refractivity (Wildman–Crippen MR) is 74.6 cm³/mol. The van der Waals surface area contributed by atoms with Gasteiger partial charge in [0.1, 0.15) is 12.9 Å². The van der Waals surface area contributed by atoms with Crippen LogP contribution >= 0.6 is 0 Å². The first-order valence-electron chi connectivity index (χ1n) is 6.01. The Hall–Kier alpha value is -2.70. The number of benzene rings is 1. The van der Waals surface area contributed by atoms with Crippen molar-refractivity contribution < 1.29 is 9.47 Å². The Labute approximate surface area is 115 Å². The highest BCUT2D eigenvalue weighted by molar-refractivity contribution is 5.47. The third kappa shape index (κ3) is 3.00. The van der Waals surface area contributed by atoms with Crippen molar-refractivity contribution in [2.24, 2.45) is 0 Å². The highest BCUT2D eigenvalue weighted by atomic mass is 16.5. The van der Waals surface area contributed by atoms with Crippen LogP contribution in [0.1, 0.15) is 5.56 Å². The van der Waals surface area contributed by atoms with E-state index in [4.69, 9.17) is 9.47 Å². The SMILES string of the molecule is C=CCOc1c(CNn2cn[nH]c2=O)cccc1OC. The lowest BCUT2D eigenvalue weighted by Crippen LogP contribution is -2.25. The number of para-hydroxylation sites is 1. The van der Waals surface area contributed by atoms with E-state index in [9.17, 15) is 4.79 Å². The van der Waals surface area contributed by atoms with Gasteiger partial charge < -0.3 is 14.9 Å². The van der Waals surface area contributed by atoms with E-state index >= 15 is 0 Å². The van der Waals surface area contributed by atoms with E-state index in [1.54, 1.807) is 13.2 Å². The van der Waals surface area contributed by atoms with Gasteiger partial charge in [-0.15, -0.1) is 0 Å². The van der Waals surface area contributed by atoms with Crippen LogP contribution in [0.4, 0.5) is 0 Å². The molecule has 2 rings (SSSR count). The molecule has 0 aliphatic heterocycles. The van der Waals surface area contributed by atoms with Gasteiger partial charge in [-0.3, -0.25) is 0 Å². The van der Waals surface area contributed by atoms with E-state index in [2.05, 4.69) is 22.2 Å². The number of aromatic nitrogens is 3. The van der Waals surface area contributed by atoms with Gasteiger partial charge in [0, 0.05) is 5.56 Å². The summed E-state index contributed by atoms with van der Waals surface area (Å²) in [6.07, 6.45) is 3.02. The average Bonchev–Trinajstić information content (AvgIpc) is 2.88. The van der Waals surface area contributed by atoms with Crippen molar-refractivity contribution in [1.29, 1.82) is 0 Å². The molecule has 0 spiro atoms. The number of nitrogens with zero attached hydrogens (tertiary/aromatic N) is 2. The van der Waals surface area contributed by atoms with E-state index in [0.717, 1.165) is 5.56 Å². The maximum Gasteiger partial charge on any atom is 0.361 e. The van der Waals surface area contributed by atoms with Crippen LogP contribution in [0.25, 0.3) is 0 Å². The number of H-pyrrole nitrogens is 1. The molecular weight excluding hydrogens is 260 g/mol. The number of nitrogens with one attached hydrogen (secondary N) is 2. The van der Waals surface area contributed by atoms with Gasteiger partial charge in [0.2, 0.25) is 0 Å². The minimum Gasteiger partial charge on any atom is -0.493 e. The molecule has 1 heterocycles. The van der Waals surface area contributed by atoms with Gasteiger partial charge >= 0.3 is 5.69 Å². The van der Waals surface area contributed by atoms with Gasteiger partial charge in [0.15, 0.2) is 11.5 Å². The zero-order chi connectivity index (χ0) is 14.4. The van der Waals surface area contributed by atoms with Gasteiger partial charge in [-0.1, -0.05) is 24.8 Å². The third-order valence-corrected chi connectivity index (χ3v) is 2.62. The molecule has 0 atom stereocenters. The quantitative estimate of drug-likeness (QED) is 0.734. The fourth-order valence-electron chi connectivity index (χ4n) is 1.70. The number of ether oxygens (including phenoxy) is 2. The molecule has 0 aliphatic rings. The summed E-state index contributed by atoms with van der Waals surface area (Å²) in [6.45, 7) is 4.39. The normalized spacial score (nSPS) is 10.1. The molecule has 0 aliphatic carbocycles. The maximum atomic E-state index is 11.3. The summed E-state index contributed by atoms with van der Waals surface area (Å²) in [5.74, 6) is 1.25. The second-order valence-corrected chi connectivity index (χ2v) is 3.91. The van der Waals surface area contributed by atoms with Crippen molar-refractivity contribution in [1.82, 2.24) is 14.9 Å². The molecule has 0 unspecified atom stereocenters. The van der Waals surface area contributed by atoms with Crippen LogP contribution in [0.2, 0.25) is 0 Å². The van der Waals surface area contributed by atoms with Crippen LogP contribution in [0.5, 0.6) is 11.5 Å². The van der Waals surface area contributed by atoms with Crippen LogP contribution in [0.3, 0.4) is 0 Å². The first-order valence-corrected chi connectivity index (χ1v) is 6.01. The Morgan fingerprint density at radius 2 is 2.40 bits per heavy atom. The average molecular weight is 276 g/mol. The van der Waals surface area contributed by atoms with Gasteiger partial charge in [0.05, 0.1) is 13.7 Å². The monoisotopic (exact) mass is 276 g/mol. The summed E-state index contributed by atoms with van der Waals surface area (Å²) < 4.78 is 12.1. The number of aromatic amines is 1. The van der Waals surface area contributed by atoms with Crippen LogP contribution in [0, 0.1) is 0 Å². The Morgan fingerprint density at radius 3 is 3.05 bits per heavy atom. The van der Waals surface area contributed by atoms with E-state index in [0.29, 0.717) is 24.7 Å². The molecule has 0 bridgehead atoms. The van der Waals surface area contributed by atoms with Crippen molar-refractivity contribution >= 4 is 0 Å². The predicted octanol–water partition coefficient (Wildman–Crippen LogP) is 0.888. The molecule has 2 N–H and O–H groups in total. The van der Waals surface area contributed by atoms with Crippen molar-refractivity contribution in [3.8, 4) is 11.5 Å². The first-order chi connectivity index (χ1) is 9.76. The number of hydrogen-bond acceptors (Lipinski definition) is 5. The molecule has 1 aromatic heterocycles. The van der Waals surface area contributed by atoms with Crippen molar-refractivity contribution in [2.45, 2.75) is 6.54 Å². The van der Waals surface area contributed by atoms with Gasteiger partial charge in [-0.05, 0) is 6.07 Å². The summed E-state index contributed by atoms with van der Waals surface area (Å²) in [7, 11) is 1.58. The number of hydrogen-bond donors (Lipinski definition) is 2. The van der Waals surface area contributed by atoms with Crippen LogP contribution in [-0.2, 0) is 6.54 Å². The molecule has 0 fully saturated rings. The summed E-state index contributed by atoms with van der Waals surface area (Å²) in [5.41, 5.74) is 3.45. The van der Waals surface area contributed by atoms with Gasteiger partial charge in [-0.25, -0.2) is 9.89 Å². The molecule has 0 saturated carbocycles. The summed E-state index contributed by atoms with van der Waals surface area (Å²) in [4.78, 5) is 11.3. The Morgan fingerprint density at radius 1 is 1.55 bits per heavy atom. The number of rotatable bonds is 7. The molecule has 1 aromatic carbocycles. The molecule has 7 nitrogen and oxygen atoms in total. The largest absolute Gasteiger partial charge is 0.493 e. The summed E-state index contributed by atoms with van der Waals surface area (Å²) in [5, 5.41) is 5.94. The van der Waals surface area contributed by atoms with Gasteiger partial charge in [0.25, 0.3) is 0 Å². The van der Waals surface area contributed by atoms with Crippen LogP contribution < -0.4 is 20.6 Å². The minimum absolute atomic E-state index is 0.332. The number of methoxy groups -OCH3 is 1. The van der Waals surface area contributed by atoms with Crippen molar-refractivity contribution in [2.75, 3.05) is 19.1 Å². The van der Waals surface area contributed by atoms with E-state index in [1.807, 2.05) is 18.2 Å². The lowest BCUT2D eigenvalue weighted by Gasteiger charge is -2.14. The third-order valence-electron chi connectivity index (χ3n) is 2.62. The second-order valence-electron chi connectivity index (χ2n) is 3.91. The maximum absolute atomic E-state index is 11.3. The molecule has 0 radical (unpaired) electrons. The molecule has 20 heavy (non-hydrogen) atoms. The second kappa shape index (κ2) is 6.46. The van der Waals surface area contributed by atoms with E-state index < -0.39 is 0 Å². The molecule has 7 heteroatoms. The lowest BCUT2D eigenvalue weighted by atomic mass is 10.2. The van der Waals surface area contributed by atoms with Crippen molar-refractivity contribution in [3.05, 3.63) is 53.2 Å². The van der Waals surface area contributed by atoms with Gasteiger partial charge in [-0.2, -0.15) is 9.77 Å². The van der Waals surface area contributed by atoms with Crippen molar-refractivity contribution in [3.63, 3.8) is 0 Å². The zero-order valence-electron chi connectivity index (χ0n) is 11.1.